The van der Waals surface area contributed by atoms with Crippen molar-refractivity contribution in [3.63, 3.8) is 0 Å². The Kier molecular flexibility index (Phi) is 3.79. The first-order valence-corrected chi connectivity index (χ1v) is 15.1. The van der Waals surface area contributed by atoms with Crippen LogP contribution in [-0.4, -0.2) is 58.5 Å². The van der Waals surface area contributed by atoms with E-state index in [1.807, 2.05) is 12.4 Å². The summed E-state index contributed by atoms with van der Waals surface area (Å²) in [6, 6.07) is 10.1. The Morgan fingerprint density at radius 2 is 2.08 bits per heavy atom. The lowest BCUT2D eigenvalue weighted by Crippen LogP contribution is -2.58. The summed E-state index contributed by atoms with van der Waals surface area (Å²) in [4.78, 5) is 7.05. The number of rotatable bonds is 2. The number of nitrogens with two attached hydrogens (primary N) is 1. The maximum Gasteiger partial charge on any atom is 0.110 e. The van der Waals surface area contributed by atoms with Crippen LogP contribution in [0.1, 0.15) is 57.4 Å². The molecule has 2 spiro atoms. The molecule has 5 heterocycles. The van der Waals surface area contributed by atoms with Crippen LogP contribution >= 0.6 is 0 Å². The molecule has 2 aromatic rings. The molecule has 4 aliphatic heterocycles. The zero-order valence-electron chi connectivity index (χ0n) is 22.2. The second-order valence-electron chi connectivity index (χ2n) is 14.3. The van der Waals surface area contributed by atoms with Crippen molar-refractivity contribution >= 4 is 10.8 Å². The van der Waals surface area contributed by atoms with Gasteiger partial charge in [0.2, 0.25) is 0 Å². The molecule has 0 amide bonds. The second kappa shape index (κ2) is 6.63. The molecule has 38 heavy (non-hydrogen) atoms. The first kappa shape index (κ1) is 21.7. The highest BCUT2D eigenvalue weighted by Crippen LogP contribution is 2.81. The van der Waals surface area contributed by atoms with E-state index in [2.05, 4.69) is 53.2 Å². The largest absolute Gasteiger partial charge is 0.363 e. The Morgan fingerprint density at radius 3 is 2.97 bits per heavy atom. The highest BCUT2D eigenvalue weighted by atomic mass is 16.6. The molecule has 3 saturated heterocycles. The molecule has 2 N–H and O–H groups in total. The molecule has 8 aliphatic rings. The molecule has 6 fully saturated rings. The fourth-order valence-electron chi connectivity index (χ4n) is 11.1. The lowest BCUT2D eigenvalue weighted by Gasteiger charge is -2.55. The van der Waals surface area contributed by atoms with E-state index in [0.717, 1.165) is 51.1 Å². The minimum absolute atomic E-state index is 0.122. The smallest absolute Gasteiger partial charge is 0.110 e. The van der Waals surface area contributed by atoms with Gasteiger partial charge in [-0.1, -0.05) is 31.2 Å². The van der Waals surface area contributed by atoms with Crippen LogP contribution in [0, 0.1) is 17.3 Å². The van der Waals surface area contributed by atoms with Crippen molar-refractivity contribution in [1.29, 1.82) is 0 Å². The molecule has 5 heteroatoms. The summed E-state index contributed by atoms with van der Waals surface area (Å²) in [5.41, 5.74) is 11.0. The Labute approximate surface area is 224 Å². The number of benzene rings is 1. The van der Waals surface area contributed by atoms with E-state index < -0.39 is 0 Å². The summed E-state index contributed by atoms with van der Waals surface area (Å²) in [5.74, 6) is 1.34. The summed E-state index contributed by atoms with van der Waals surface area (Å²) in [6.07, 6.45) is 18.0. The summed E-state index contributed by atoms with van der Waals surface area (Å²) >= 11 is 0. The molecule has 10 atom stereocenters. The van der Waals surface area contributed by atoms with Gasteiger partial charge in [0.25, 0.3) is 0 Å². The molecule has 1 aromatic heterocycles. The van der Waals surface area contributed by atoms with Gasteiger partial charge in [0.1, 0.15) is 12.2 Å². The van der Waals surface area contributed by atoms with E-state index in [-0.39, 0.29) is 28.1 Å². The number of allylic oxidation sites excluding steroid dienone is 1. The first-order valence-electron chi connectivity index (χ1n) is 15.1. The highest BCUT2D eigenvalue weighted by Gasteiger charge is 2.79. The van der Waals surface area contributed by atoms with E-state index >= 15 is 0 Å². The number of pyridine rings is 1. The molecule has 10 rings (SSSR count). The third-order valence-corrected chi connectivity index (χ3v) is 13.0. The van der Waals surface area contributed by atoms with Gasteiger partial charge in [-0.15, -0.1) is 0 Å². The van der Waals surface area contributed by atoms with E-state index in [4.69, 9.17) is 15.2 Å². The topological polar surface area (TPSA) is 63.9 Å². The lowest BCUT2D eigenvalue weighted by atomic mass is 9.55. The van der Waals surface area contributed by atoms with Crippen LogP contribution in [0.4, 0.5) is 0 Å². The quantitative estimate of drug-likeness (QED) is 0.600. The average molecular weight is 508 g/mol. The predicted molar refractivity (Wildman–Crippen MR) is 146 cm³/mol. The maximum absolute atomic E-state index is 7.61. The van der Waals surface area contributed by atoms with Crippen LogP contribution in [0.15, 0.2) is 60.0 Å². The van der Waals surface area contributed by atoms with Gasteiger partial charge in [0.05, 0.1) is 11.2 Å². The first-order chi connectivity index (χ1) is 18.5. The van der Waals surface area contributed by atoms with E-state index in [1.165, 1.54) is 34.8 Å². The predicted octanol–water partition coefficient (Wildman–Crippen LogP) is 4.65. The Bertz CT molecular complexity index is 1480. The standard InChI is InChI=1S/C33H37N3O2/c1-30-7-4-22-13-25-28-29(37-28)26(36-11-6-24(34)18-36)16-31(25)8-9-33(22,38-31)27(30)14-23-15-32(23,30)21-3-2-19-5-10-35-17-20(19)12-21/h2-5,10,12-13,17,23-24,26-29H,6-9,11,14-16,18,34H2,1H3/t23-,24+,26-,27+,28+,29-,30-,31+,32-,33?/m0/s1. The SMILES string of the molecule is C[C@]12CC=C3C=C4[C@H]5O[C@H]5[C@@H](N5CC[C@@H](N)C5)C[C@]45CCC3(O5)[C@@H]1C[C@H]1C[C@]12c1ccc2ccncc2c1. The molecule has 1 unspecified atom stereocenters. The van der Waals surface area contributed by atoms with E-state index in [9.17, 15) is 0 Å². The summed E-state index contributed by atoms with van der Waals surface area (Å²) in [5, 5.41) is 2.57. The summed E-state index contributed by atoms with van der Waals surface area (Å²) < 4.78 is 14.0. The van der Waals surface area contributed by atoms with Gasteiger partial charge in [-0.25, -0.2) is 0 Å². The number of hydrogen-bond donors (Lipinski definition) is 1. The van der Waals surface area contributed by atoms with Crippen molar-refractivity contribution in [2.75, 3.05) is 13.1 Å². The molecule has 3 saturated carbocycles. The van der Waals surface area contributed by atoms with E-state index in [1.54, 1.807) is 5.56 Å². The van der Waals surface area contributed by atoms with Gasteiger partial charge in [-0.05, 0) is 96.4 Å². The van der Waals surface area contributed by atoms with Crippen molar-refractivity contribution in [3.05, 3.63) is 65.5 Å². The number of hydrogen-bond acceptors (Lipinski definition) is 5. The Hall–Kier alpha value is -2.05. The number of epoxide rings is 1. The van der Waals surface area contributed by atoms with Crippen LogP contribution in [0.2, 0.25) is 0 Å². The number of aromatic nitrogens is 1. The normalized spacial score (nSPS) is 51.4. The second-order valence-corrected chi connectivity index (χ2v) is 14.3. The van der Waals surface area contributed by atoms with Gasteiger partial charge in [-0.3, -0.25) is 9.88 Å². The van der Waals surface area contributed by atoms with Gasteiger partial charge >= 0.3 is 0 Å². The third-order valence-electron chi connectivity index (χ3n) is 13.0. The minimum atomic E-state index is -0.140. The molecule has 5 nitrogen and oxygen atoms in total. The van der Waals surface area contributed by atoms with Crippen LogP contribution in [0.3, 0.4) is 0 Å². The number of likely N-dealkylation sites (tertiary alicyclic amines) is 1. The fourth-order valence-corrected chi connectivity index (χ4v) is 11.1. The van der Waals surface area contributed by atoms with Crippen molar-refractivity contribution in [3.8, 4) is 0 Å². The zero-order valence-corrected chi connectivity index (χ0v) is 22.2. The van der Waals surface area contributed by atoms with Crippen LogP contribution in [0.25, 0.3) is 10.8 Å². The Balaban J connectivity index is 1.05. The van der Waals surface area contributed by atoms with Gasteiger partial charge in [0, 0.05) is 48.4 Å². The molecule has 0 radical (unpaired) electrons. The monoisotopic (exact) mass is 507 g/mol. The molecular weight excluding hydrogens is 470 g/mol. The van der Waals surface area contributed by atoms with E-state index in [0.29, 0.717) is 24.1 Å². The summed E-state index contributed by atoms with van der Waals surface area (Å²) in [6.45, 7) is 4.73. The van der Waals surface area contributed by atoms with Gasteiger partial charge in [0.15, 0.2) is 0 Å². The lowest BCUT2D eigenvalue weighted by molar-refractivity contribution is -0.142. The van der Waals surface area contributed by atoms with Crippen molar-refractivity contribution in [2.24, 2.45) is 23.0 Å². The van der Waals surface area contributed by atoms with Gasteiger partial charge < -0.3 is 15.2 Å². The molecule has 4 aliphatic carbocycles. The average Bonchev–Trinajstić information content (AvgIpc) is 3.78. The minimum Gasteiger partial charge on any atom is -0.363 e. The molecule has 1 aromatic carbocycles. The Morgan fingerprint density at radius 1 is 1.13 bits per heavy atom. The number of fused-ring (bicyclic) bond motifs is 6. The number of ether oxygens (including phenoxy) is 2. The van der Waals surface area contributed by atoms with Gasteiger partial charge in [-0.2, -0.15) is 0 Å². The molecule has 2 bridgehead atoms. The molecular formula is C33H37N3O2. The van der Waals surface area contributed by atoms with Crippen LogP contribution in [-0.2, 0) is 14.9 Å². The van der Waals surface area contributed by atoms with Crippen molar-refractivity contribution in [2.45, 2.75) is 92.8 Å². The summed E-state index contributed by atoms with van der Waals surface area (Å²) in [7, 11) is 0. The maximum atomic E-state index is 7.61. The third kappa shape index (κ3) is 2.36. The fraction of sp³-hybridized carbons (Fsp3) is 0.606. The van der Waals surface area contributed by atoms with Crippen LogP contribution in [0.5, 0.6) is 0 Å². The van der Waals surface area contributed by atoms with Crippen molar-refractivity contribution in [1.82, 2.24) is 9.88 Å². The van der Waals surface area contributed by atoms with Crippen molar-refractivity contribution < 1.29 is 9.47 Å². The highest BCUT2D eigenvalue weighted by molar-refractivity contribution is 5.82. The molecule has 196 valence electrons. The number of nitrogens with zero attached hydrogens (tertiary/aromatic N) is 2. The van der Waals surface area contributed by atoms with Crippen LogP contribution < -0.4 is 5.73 Å². The zero-order chi connectivity index (χ0) is 25.1.